The summed E-state index contributed by atoms with van der Waals surface area (Å²) in [5, 5.41) is 6.50. The second kappa shape index (κ2) is 7.90. The normalized spacial score (nSPS) is 14.2. The summed E-state index contributed by atoms with van der Waals surface area (Å²) in [6.45, 7) is 9.08. The van der Waals surface area contributed by atoms with Crippen LogP contribution in [-0.4, -0.2) is 47.2 Å². The lowest BCUT2D eigenvalue weighted by Gasteiger charge is -2.36. The van der Waals surface area contributed by atoms with Gasteiger partial charge in [0.1, 0.15) is 11.5 Å². The van der Waals surface area contributed by atoms with Gasteiger partial charge in [-0.3, -0.25) is 4.79 Å². The van der Waals surface area contributed by atoms with Crippen LogP contribution in [0.4, 0.5) is 17.5 Å². The van der Waals surface area contributed by atoms with Crippen molar-refractivity contribution in [1.82, 2.24) is 15.1 Å². The van der Waals surface area contributed by atoms with Crippen LogP contribution in [0.15, 0.2) is 40.9 Å². The molecule has 0 radical (unpaired) electrons. The summed E-state index contributed by atoms with van der Waals surface area (Å²) in [6.07, 6.45) is 0. The number of nitrogens with zero attached hydrogens (tertiary/aromatic N) is 5. The first kappa shape index (κ1) is 18.9. The molecule has 150 valence electrons. The number of carbonyl (C=O) groups is 1. The fourth-order valence-corrected chi connectivity index (χ4v) is 3.41. The number of carbonyl (C=O) groups excluding carboxylic acids is 1. The molecule has 8 nitrogen and oxygen atoms in total. The molecule has 29 heavy (non-hydrogen) atoms. The van der Waals surface area contributed by atoms with Gasteiger partial charge < -0.3 is 19.6 Å². The fourth-order valence-electron chi connectivity index (χ4n) is 3.41. The number of anilines is 3. The fraction of sp³-hybridized carbons (Fsp3) is 0.333. The largest absolute Gasteiger partial charge is 0.368 e. The molecule has 1 N–H and O–H groups in total. The van der Waals surface area contributed by atoms with E-state index in [4.69, 9.17) is 4.52 Å². The van der Waals surface area contributed by atoms with Crippen LogP contribution in [0.1, 0.15) is 27.5 Å². The average molecular weight is 392 g/mol. The number of hydrogen-bond acceptors (Lipinski definition) is 7. The van der Waals surface area contributed by atoms with Crippen LogP contribution >= 0.6 is 0 Å². The molecule has 0 atom stereocenters. The zero-order valence-corrected chi connectivity index (χ0v) is 16.8. The molecular formula is C21H24N6O2. The summed E-state index contributed by atoms with van der Waals surface area (Å²) in [6, 6.07) is 11.9. The van der Waals surface area contributed by atoms with Crippen LogP contribution in [0.2, 0.25) is 0 Å². The van der Waals surface area contributed by atoms with Crippen molar-refractivity contribution in [2.45, 2.75) is 20.8 Å². The molecule has 0 spiro atoms. The molecule has 1 amide bonds. The van der Waals surface area contributed by atoms with E-state index in [0.717, 1.165) is 31.9 Å². The highest BCUT2D eigenvalue weighted by atomic mass is 16.5. The van der Waals surface area contributed by atoms with Crippen molar-refractivity contribution in [1.29, 1.82) is 0 Å². The van der Waals surface area contributed by atoms with E-state index in [2.05, 4.69) is 61.4 Å². The molecule has 0 aliphatic carbocycles. The van der Waals surface area contributed by atoms with Crippen molar-refractivity contribution in [3.05, 3.63) is 59.1 Å². The molecule has 1 saturated heterocycles. The Kier molecular flexibility index (Phi) is 5.16. The Morgan fingerprint density at radius 2 is 1.76 bits per heavy atom. The molecule has 1 aliphatic heterocycles. The quantitative estimate of drug-likeness (QED) is 0.730. The number of rotatable bonds is 4. The molecular weight excluding hydrogens is 368 g/mol. The third-order valence-corrected chi connectivity index (χ3v) is 4.87. The predicted octanol–water partition coefficient (Wildman–Crippen LogP) is 2.97. The summed E-state index contributed by atoms with van der Waals surface area (Å²) in [7, 11) is 0. The molecule has 0 unspecified atom stereocenters. The Labute approximate surface area is 169 Å². The maximum atomic E-state index is 12.6. The Morgan fingerprint density at radius 1 is 1.00 bits per heavy atom. The van der Waals surface area contributed by atoms with Gasteiger partial charge in [0.25, 0.3) is 5.91 Å². The number of nitrogens with one attached hydrogen (secondary N) is 1. The van der Waals surface area contributed by atoms with Gasteiger partial charge in [-0.05, 0) is 44.5 Å². The van der Waals surface area contributed by atoms with E-state index in [-0.39, 0.29) is 5.91 Å². The van der Waals surface area contributed by atoms with Crippen LogP contribution in [0.5, 0.6) is 0 Å². The average Bonchev–Trinajstić information content (AvgIpc) is 3.12. The van der Waals surface area contributed by atoms with Gasteiger partial charge in [-0.1, -0.05) is 17.3 Å². The summed E-state index contributed by atoms with van der Waals surface area (Å²) in [4.78, 5) is 26.1. The molecule has 1 aliphatic rings. The van der Waals surface area contributed by atoms with Gasteiger partial charge >= 0.3 is 0 Å². The number of aromatic nitrogens is 3. The van der Waals surface area contributed by atoms with Gasteiger partial charge in [-0.15, -0.1) is 0 Å². The van der Waals surface area contributed by atoms with Gasteiger partial charge in [-0.2, -0.15) is 0 Å². The lowest BCUT2D eigenvalue weighted by molar-refractivity contribution is 0.102. The van der Waals surface area contributed by atoms with E-state index in [0.29, 0.717) is 23.2 Å². The molecule has 0 bridgehead atoms. The molecule has 4 rings (SSSR count). The minimum atomic E-state index is -0.330. The smallest absolute Gasteiger partial charge is 0.275 e. The number of aryl methyl sites for hydroxylation is 3. The zero-order valence-electron chi connectivity index (χ0n) is 16.8. The molecule has 1 fully saturated rings. The third-order valence-electron chi connectivity index (χ3n) is 4.87. The molecule has 2 aromatic heterocycles. The summed E-state index contributed by atoms with van der Waals surface area (Å²) >= 11 is 0. The van der Waals surface area contributed by atoms with E-state index in [1.165, 1.54) is 11.3 Å². The van der Waals surface area contributed by atoms with Gasteiger partial charge in [0.05, 0.1) is 0 Å². The maximum Gasteiger partial charge on any atom is 0.275 e. The van der Waals surface area contributed by atoms with E-state index in [9.17, 15) is 4.79 Å². The van der Waals surface area contributed by atoms with Crippen LogP contribution in [0.3, 0.4) is 0 Å². The highest BCUT2D eigenvalue weighted by Gasteiger charge is 2.21. The molecule has 1 aromatic carbocycles. The van der Waals surface area contributed by atoms with Crippen molar-refractivity contribution in [2.24, 2.45) is 0 Å². The predicted molar refractivity (Wildman–Crippen MR) is 112 cm³/mol. The number of piperazine rings is 1. The monoisotopic (exact) mass is 392 g/mol. The Bertz CT molecular complexity index is 1020. The minimum Gasteiger partial charge on any atom is -0.368 e. The topological polar surface area (TPSA) is 87.4 Å². The van der Waals surface area contributed by atoms with Gasteiger partial charge in [-0.25, -0.2) is 9.97 Å². The van der Waals surface area contributed by atoms with E-state index < -0.39 is 0 Å². The van der Waals surface area contributed by atoms with Crippen molar-refractivity contribution in [3.8, 4) is 0 Å². The van der Waals surface area contributed by atoms with E-state index >= 15 is 0 Å². The lowest BCUT2D eigenvalue weighted by Crippen LogP contribution is -2.47. The summed E-state index contributed by atoms with van der Waals surface area (Å²) in [5.74, 6) is 1.25. The molecule has 0 saturated carbocycles. The second-order valence-corrected chi connectivity index (χ2v) is 7.28. The van der Waals surface area contributed by atoms with E-state index in [1.807, 2.05) is 6.92 Å². The Balaban J connectivity index is 1.46. The second-order valence-electron chi connectivity index (χ2n) is 7.28. The Morgan fingerprint density at radius 3 is 2.45 bits per heavy atom. The minimum absolute atomic E-state index is 0.314. The highest BCUT2D eigenvalue weighted by Crippen LogP contribution is 2.20. The van der Waals surface area contributed by atoms with Crippen molar-refractivity contribution < 1.29 is 9.32 Å². The first-order valence-electron chi connectivity index (χ1n) is 9.65. The molecule has 3 aromatic rings. The maximum absolute atomic E-state index is 12.6. The van der Waals surface area contributed by atoms with Gasteiger partial charge in [0.15, 0.2) is 5.82 Å². The summed E-state index contributed by atoms with van der Waals surface area (Å²) < 4.78 is 4.99. The van der Waals surface area contributed by atoms with Crippen molar-refractivity contribution >= 4 is 23.4 Å². The van der Waals surface area contributed by atoms with Crippen LogP contribution in [0.25, 0.3) is 0 Å². The Hall–Kier alpha value is -3.42. The van der Waals surface area contributed by atoms with Crippen molar-refractivity contribution in [3.63, 3.8) is 0 Å². The first-order valence-corrected chi connectivity index (χ1v) is 9.65. The number of hydrogen-bond donors (Lipinski definition) is 1. The first-order chi connectivity index (χ1) is 14.0. The summed E-state index contributed by atoms with van der Waals surface area (Å²) in [5.41, 5.74) is 3.55. The van der Waals surface area contributed by atoms with Gasteiger partial charge in [0.2, 0.25) is 5.95 Å². The standard InChI is InChI=1S/C21H24N6O2/c1-14-5-4-6-17(11-14)26-7-9-27(10-8-26)21-22-15(2)12-18(23-21)20(28)24-19-13-16(3)29-25-19/h4-6,11-13H,7-10H2,1-3H3,(H,24,25,28). The highest BCUT2D eigenvalue weighted by molar-refractivity contribution is 6.02. The molecule has 3 heterocycles. The SMILES string of the molecule is Cc1cccc(N2CCN(c3nc(C)cc(C(=O)Nc4cc(C)on4)n3)CC2)c1. The lowest BCUT2D eigenvalue weighted by atomic mass is 10.2. The van der Waals surface area contributed by atoms with Gasteiger partial charge in [0, 0.05) is 43.6 Å². The number of benzene rings is 1. The van der Waals surface area contributed by atoms with Crippen LogP contribution < -0.4 is 15.1 Å². The third kappa shape index (κ3) is 4.37. The molecule has 8 heteroatoms. The zero-order chi connectivity index (χ0) is 20.4. The van der Waals surface area contributed by atoms with Crippen LogP contribution in [0, 0.1) is 20.8 Å². The van der Waals surface area contributed by atoms with Crippen molar-refractivity contribution in [2.75, 3.05) is 41.3 Å². The number of amides is 1. The van der Waals surface area contributed by atoms with Crippen LogP contribution in [-0.2, 0) is 0 Å². The van der Waals surface area contributed by atoms with E-state index in [1.54, 1.807) is 19.1 Å².